The zero-order valence-corrected chi connectivity index (χ0v) is 11.6. The Hall–Kier alpha value is -1.12. The summed E-state index contributed by atoms with van der Waals surface area (Å²) in [5.41, 5.74) is -1.21. The smallest absolute Gasteiger partial charge is 0.315 e. The number of nitrogens with one attached hydrogen (secondary N) is 2. The maximum absolute atomic E-state index is 12.8. The Balaban J connectivity index is 2.36. The second-order valence-electron chi connectivity index (χ2n) is 4.74. The molecule has 20 heavy (non-hydrogen) atoms. The Bertz CT molecular complexity index is 593. The molecule has 0 saturated carbocycles. The van der Waals surface area contributed by atoms with Crippen LogP contribution in [0.5, 0.6) is 0 Å². The highest BCUT2D eigenvalue weighted by Crippen LogP contribution is 2.34. The number of halogens is 3. The molecule has 0 spiro atoms. The zero-order valence-electron chi connectivity index (χ0n) is 10.8. The molecule has 1 aromatic rings. The van der Waals surface area contributed by atoms with E-state index in [-0.39, 0.29) is 16.5 Å². The summed E-state index contributed by atoms with van der Waals surface area (Å²) in [4.78, 5) is -0.320. The standard InChI is InChI=1S/C12H15F3N2O2S/c1-8-10(12(13,14)15)3-2-4-11(8)20(18,19)17-9-5-6-16-7-9/h2-4,9,16-17H,5-7H2,1H3/t9-/m0/s1. The van der Waals surface area contributed by atoms with Crippen molar-refractivity contribution in [1.82, 2.24) is 10.0 Å². The minimum Gasteiger partial charge on any atom is -0.315 e. The fourth-order valence-corrected chi connectivity index (χ4v) is 3.79. The number of hydrogen-bond acceptors (Lipinski definition) is 3. The third kappa shape index (κ3) is 3.13. The van der Waals surface area contributed by atoms with Crippen molar-refractivity contribution in [2.75, 3.05) is 13.1 Å². The number of rotatable bonds is 3. The number of hydrogen-bond donors (Lipinski definition) is 2. The maximum Gasteiger partial charge on any atom is 0.416 e. The van der Waals surface area contributed by atoms with E-state index in [1.807, 2.05) is 0 Å². The first-order chi connectivity index (χ1) is 9.22. The Kier molecular flexibility index (Phi) is 4.08. The van der Waals surface area contributed by atoms with Gasteiger partial charge in [-0.05, 0) is 37.6 Å². The Morgan fingerprint density at radius 2 is 2.05 bits per heavy atom. The molecule has 1 atom stereocenters. The van der Waals surface area contributed by atoms with Crippen molar-refractivity contribution in [2.45, 2.75) is 30.5 Å². The van der Waals surface area contributed by atoms with Crippen LogP contribution >= 0.6 is 0 Å². The first kappa shape index (κ1) is 15.3. The predicted molar refractivity (Wildman–Crippen MR) is 67.8 cm³/mol. The summed E-state index contributed by atoms with van der Waals surface area (Å²) in [6.45, 7) is 2.34. The Morgan fingerprint density at radius 3 is 2.60 bits per heavy atom. The van der Waals surface area contributed by atoms with Crippen molar-refractivity contribution < 1.29 is 21.6 Å². The molecule has 0 amide bonds. The lowest BCUT2D eigenvalue weighted by Crippen LogP contribution is -2.36. The van der Waals surface area contributed by atoms with E-state index >= 15 is 0 Å². The van der Waals surface area contributed by atoms with Crippen LogP contribution in [0.3, 0.4) is 0 Å². The Morgan fingerprint density at radius 1 is 1.35 bits per heavy atom. The average Bonchev–Trinajstić information content (AvgIpc) is 2.79. The lowest BCUT2D eigenvalue weighted by Gasteiger charge is -2.16. The zero-order chi connectivity index (χ0) is 15.0. The van der Waals surface area contributed by atoms with Gasteiger partial charge in [-0.25, -0.2) is 13.1 Å². The number of sulfonamides is 1. The molecule has 2 N–H and O–H groups in total. The molecule has 2 rings (SSSR count). The number of alkyl halides is 3. The highest BCUT2D eigenvalue weighted by molar-refractivity contribution is 7.89. The summed E-state index contributed by atoms with van der Waals surface area (Å²) in [6.07, 6.45) is -3.94. The van der Waals surface area contributed by atoms with Crippen molar-refractivity contribution >= 4 is 10.0 Å². The largest absolute Gasteiger partial charge is 0.416 e. The van der Waals surface area contributed by atoms with Gasteiger partial charge in [0.25, 0.3) is 0 Å². The molecule has 8 heteroatoms. The summed E-state index contributed by atoms with van der Waals surface area (Å²) < 4.78 is 65.2. The van der Waals surface area contributed by atoms with E-state index in [0.29, 0.717) is 19.5 Å². The van der Waals surface area contributed by atoms with Crippen LogP contribution in [-0.4, -0.2) is 27.5 Å². The van der Waals surface area contributed by atoms with E-state index in [2.05, 4.69) is 10.0 Å². The van der Waals surface area contributed by atoms with Crippen LogP contribution in [0.2, 0.25) is 0 Å². The van der Waals surface area contributed by atoms with E-state index in [0.717, 1.165) is 12.1 Å². The summed E-state index contributed by atoms with van der Waals surface area (Å²) in [5.74, 6) is 0. The van der Waals surface area contributed by atoms with E-state index in [4.69, 9.17) is 0 Å². The lowest BCUT2D eigenvalue weighted by atomic mass is 10.1. The molecule has 1 aliphatic rings. The van der Waals surface area contributed by atoms with Crippen LogP contribution in [0.25, 0.3) is 0 Å². The third-order valence-corrected chi connectivity index (χ3v) is 4.93. The normalized spacial score (nSPS) is 20.3. The lowest BCUT2D eigenvalue weighted by molar-refractivity contribution is -0.138. The van der Waals surface area contributed by atoms with Gasteiger partial charge in [0.1, 0.15) is 0 Å². The van der Waals surface area contributed by atoms with Crippen LogP contribution in [0, 0.1) is 6.92 Å². The third-order valence-electron chi connectivity index (χ3n) is 3.26. The van der Waals surface area contributed by atoms with Gasteiger partial charge < -0.3 is 5.32 Å². The van der Waals surface area contributed by atoms with Crippen molar-refractivity contribution in [3.8, 4) is 0 Å². The molecule has 0 unspecified atom stereocenters. The fraction of sp³-hybridized carbons (Fsp3) is 0.500. The van der Waals surface area contributed by atoms with Gasteiger partial charge in [-0.15, -0.1) is 0 Å². The van der Waals surface area contributed by atoms with Crippen molar-refractivity contribution in [2.24, 2.45) is 0 Å². The van der Waals surface area contributed by atoms with Gasteiger partial charge in [0, 0.05) is 12.6 Å². The maximum atomic E-state index is 12.8. The predicted octanol–water partition coefficient (Wildman–Crippen LogP) is 1.65. The SMILES string of the molecule is Cc1c(C(F)(F)F)cccc1S(=O)(=O)N[C@H]1CCNC1. The van der Waals surface area contributed by atoms with Gasteiger partial charge in [0.15, 0.2) is 0 Å². The van der Waals surface area contributed by atoms with E-state index in [9.17, 15) is 21.6 Å². The molecule has 0 radical (unpaired) electrons. The van der Waals surface area contributed by atoms with Gasteiger partial charge >= 0.3 is 6.18 Å². The van der Waals surface area contributed by atoms with E-state index in [1.54, 1.807) is 0 Å². The van der Waals surface area contributed by atoms with Crippen LogP contribution in [0.4, 0.5) is 13.2 Å². The molecule has 0 bridgehead atoms. The highest BCUT2D eigenvalue weighted by Gasteiger charge is 2.35. The quantitative estimate of drug-likeness (QED) is 0.893. The molecule has 1 aromatic carbocycles. The molecule has 1 heterocycles. The summed E-state index contributed by atoms with van der Waals surface area (Å²) >= 11 is 0. The van der Waals surface area contributed by atoms with E-state index in [1.165, 1.54) is 13.0 Å². The molecule has 0 aromatic heterocycles. The van der Waals surface area contributed by atoms with Crippen LogP contribution in [0.15, 0.2) is 23.1 Å². The van der Waals surface area contributed by atoms with Crippen molar-refractivity contribution in [1.29, 1.82) is 0 Å². The highest BCUT2D eigenvalue weighted by atomic mass is 32.2. The molecule has 1 fully saturated rings. The van der Waals surface area contributed by atoms with Crippen LogP contribution in [-0.2, 0) is 16.2 Å². The van der Waals surface area contributed by atoms with Gasteiger partial charge in [-0.1, -0.05) is 6.07 Å². The first-order valence-electron chi connectivity index (χ1n) is 6.11. The Labute approximate surface area is 115 Å². The summed E-state index contributed by atoms with van der Waals surface area (Å²) in [6, 6.07) is 2.90. The summed E-state index contributed by atoms with van der Waals surface area (Å²) in [5, 5.41) is 2.99. The minimum absolute atomic E-state index is 0.279. The summed E-state index contributed by atoms with van der Waals surface area (Å²) in [7, 11) is -3.95. The monoisotopic (exact) mass is 308 g/mol. The van der Waals surface area contributed by atoms with Crippen molar-refractivity contribution in [3.05, 3.63) is 29.3 Å². The second kappa shape index (κ2) is 5.34. The molecular weight excluding hydrogens is 293 g/mol. The molecular formula is C12H15F3N2O2S. The van der Waals surface area contributed by atoms with Gasteiger partial charge in [-0.3, -0.25) is 0 Å². The number of benzene rings is 1. The van der Waals surface area contributed by atoms with Crippen LogP contribution < -0.4 is 10.0 Å². The first-order valence-corrected chi connectivity index (χ1v) is 7.60. The minimum atomic E-state index is -4.56. The van der Waals surface area contributed by atoms with E-state index < -0.39 is 21.8 Å². The van der Waals surface area contributed by atoms with Gasteiger partial charge in [-0.2, -0.15) is 13.2 Å². The second-order valence-corrected chi connectivity index (χ2v) is 6.42. The average molecular weight is 308 g/mol. The van der Waals surface area contributed by atoms with Gasteiger partial charge in [0.05, 0.1) is 10.5 Å². The molecule has 112 valence electrons. The van der Waals surface area contributed by atoms with Gasteiger partial charge in [0.2, 0.25) is 10.0 Å². The fourth-order valence-electron chi connectivity index (χ4n) is 2.25. The van der Waals surface area contributed by atoms with Crippen molar-refractivity contribution in [3.63, 3.8) is 0 Å². The molecule has 4 nitrogen and oxygen atoms in total. The molecule has 1 saturated heterocycles. The van der Waals surface area contributed by atoms with Crippen LogP contribution in [0.1, 0.15) is 17.5 Å². The molecule has 0 aliphatic carbocycles. The molecule has 1 aliphatic heterocycles. The topological polar surface area (TPSA) is 58.2 Å².